The number of halogens is 1. The quantitative estimate of drug-likeness (QED) is 0.883. The monoisotopic (exact) mass is 248 g/mol. The molecule has 0 aliphatic carbocycles. The summed E-state index contributed by atoms with van der Waals surface area (Å²) >= 11 is 0. The second-order valence-corrected chi connectivity index (χ2v) is 4.31. The van der Waals surface area contributed by atoms with Gasteiger partial charge in [-0.3, -0.25) is 4.98 Å². The van der Waals surface area contributed by atoms with E-state index < -0.39 is 0 Å². The normalized spacial score (nSPS) is 12.6. The van der Waals surface area contributed by atoms with Gasteiger partial charge in [0.15, 0.2) is 0 Å². The molecule has 0 saturated carbocycles. The van der Waals surface area contributed by atoms with E-state index in [1.165, 1.54) is 12.3 Å². The largest absolute Gasteiger partial charge is 0.469 e. The molecule has 1 unspecified atom stereocenters. The summed E-state index contributed by atoms with van der Waals surface area (Å²) in [5, 5.41) is 3.38. The number of nitrogens with one attached hydrogen (secondary N) is 1. The molecule has 0 fully saturated rings. The van der Waals surface area contributed by atoms with Gasteiger partial charge in [-0.05, 0) is 37.6 Å². The Bertz CT molecular complexity index is 510. The Hall–Kier alpha value is -1.68. The maximum atomic E-state index is 13.3. The van der Waals surface area contributed by atoms with E-state index in [4.69, 9.17) is 4.42 Å². The van der Waals surface area contributed by atoms with Crippen molar-refractivity contribution >= 4 is 0 Å². The Morgan fingerprint density at radius 2 is 2.17 bits per heavy atom. The maximum absolute atomic E-state index is 13.3. The molecule has 96 valence electrons. The Kier molecular flexibility index (Phi) is 4.10. The highest BCUT2D eigenvalue weighted by molar-refractivity contribution is 5.29. The predicted molar refractivity (Wildman–Crippen MR) is 67.8 cm³/mol. The minimum Gasteiger partial charge on any atom is -0.469 e. The van der Waals surface area contributed by atoms with Gasteiger partial charge in [0, 0.05) is 11.8 Å². The van der Waals surface area contributed by atoms with E-state index >= 15 is 0 Å². The van der Waals surface area contributed by atoms with Gasteiger partial charge in [0.1, 0.15) is 11.6 Å². The highest BCUT2D eigenvalue weighted by Crippen LogP contribution is 2.23. The van der Waals surface area contributed by atoms with Crippen molar-refractivity contribution in [2.24, 2.45) is 0 Å². The van der Waals surface area contributed by atoms with E-state index in [2.05, 4.69) is 17.2 Å². The van der Waals surface area contributed by atoms with Crippen LogP contribution in [0.25, 0.3) is 0 Å². The summed E-state index contributed by atoms with van der Waals surface area (Å²) in [5.41, 5.74) is 1.80. The van der Waals surface area contributed by atoms with Crippen LogP contribution in [0.5, 0.6) is 0 Å². The molecule has 1 N–H and O–H groups in total. The van der Waals surface area contributed by atoms with Gasteiger partial charge in [-0.2, -0.15) is 0 Å². The topological polar surface area (TPSA) is 38.1 Å². The first-order valence-corrected chi connectivity index (χ1v) is 6.09. The predicted octanol–water partition coefficient (Wildman–Crippen LogP) is 3.21. The molecule has 0 aliphatic heterocycles. The number of rotatable bonds is 5. The van der Waals surface area contributed by atoms with E-state index in [1.807, 2.05) is 13.0 Å². The van der Waals surface area contributed by atoms with Crippen LogP contribution in [0.2, 0.25) is 0 Å². The molecular weight excluding hydrogens is 231 g/mol. The standard InChI is InChI=1S/C14H17FN2O/c1-3-4-17-14(12-5-10(2)18-9-12)11-6-13(15)8-16-7-11/h5-9,14,17H,3-4H2,1-2H3. The van der Waals surface area contributed by atoms with E-state index in [1.54, 1.807) is 12.5 Å². The van der Waals surface area contributed by atoms with Gasteiger partial charge in [0.25, 0.3) is 0 Å². The number of hydrogen-bond acceptors (Lipinski definition) is 3. The fourth-order valence-corrected chi connectivity index (χ4v) is 1.92. The van der Waals surface area contributed by atoms with Gasteiger partial charge in [0.2, 0.25) is 0 Å². The van der Waals surface area contributed by atoms with Crippen LogP contribution in [-0.2, 0) is 0 Å². The molecular formula is C14H17FN2O. The lowest BCUT2D eigenvalue weighted by Gasteiger charge is -2.17. The van der Waals surface area contributed by atoms with Gasteiger partial charge in [-0.1, -0.05) is 6.92 Å². The zero-order valence-corrected chi connectivity index (χ0v) is 10.6. The third-order valence-electron chi connectivity index (χ3n) is 2.74. The molecule has 1 atom stereocenters. The van der Waals surface area contributed by atoms with Crippen LogP contribution >= 0.6 is 0 Å². The molecule has 0 radical (unpaired) electrons. The number of hydrogen-bond donors (Lipinski definition) is 1. The molecule has 0 spiro atoms. The summed E-state index contributed by atoms with van der Waals surface area (Å²) in [5.74, 6) is 0.522. The summed E-state index contributed by atoms with van der Waals surface area (Å²) in [4.78, 5) is 3.90. The van der Waals surface area contributed by atoms with Crippen LogP contribution in [0.4, 0.5) is 4.39 Å². The van der Waals surface area contributed by atoms with E-state index in [0.717, 1.165) is 29.9 Å². The third-order valence-corrected chi connectivity index (χ3v) is 2.74. The van der Waals surface area contributed by atoms with Crippen molar-refractivity contribution in [3.05, 3.63) is 53.5 Å². The number of pyridine rings is 1. The second kappa shape index (κ2) is 5.78. The first-order chi connectivity index (χ1) is 8.70. The average Bonchev–Trinajstić information content (AvgIpc) is 2.76. The maximum Gasteiger partial charge on any atom is 0.141 e. The van der Waals surface area contributed by atoms with Crippen molar-refractivity contribution in [2.75, 3.05) is 6.54 Å². The van der Waals surface area contributed by atoms with Gasteiger partial charge >= 0.3 is 0 Å². The van der Waals surface area contributed by atoms with Crippen molar-refractivity contribution in [1.29, 1.82) is 0 Å². The molecule has 0 aromatic carbocycles. The smallest absolute Gasteiger partial charge is 0.141 e. The number of aromatic nitrogens is 1. The highest BCUT2D eigenvalue weighted by atomic mass is 19.1. The minimum absolute atomic E-state index is 0.0781. The van der Waals surface area contributed by atoms with Crippen molar-refractivity contribution in [3.8, 4) is 0 Å². The lowest BCUT2D eigenvalue weighted by Crippen LogP contribution is -2.23. The van der Waals surface area contributed by atoms with Gasteiger partial charge in [-0.15, -0.1) is 0 Å². The van der Waals surface area contributed by atoms with Gasteiger partial charge in [0.05, 0.1) is 18.5 Å². The molecule has 2 heterocycles. The Balaban J connectivity index is 2.30. The van der Waals surface area contributed by atoms with Crippen LogP contribution in [0.3, 0.4) is 0 Å². The lowest BCUT2D eigenvalue weighted by atomic mass is 10.0. The molecule has 4 heteroatoms. The summed E-state index contributed by atoms with van der Waals surface area (Å²) in [6.45, 7) is 4.84. The second-order valence-electron chi connectivity index (χ2n) is 4.31. The van der Waals surface area contributed by atoms with Crippen LogP contribution < -0.4 is 5.32 Å². The van der Waals surface area contributed by atoms with Gasteiger partial charge in [-0.25, -0.2) is 4.39 Å². The summed E-state index contributed by atoms with van der Waals surface area (Å²) in [6.07, 6.45) is 5.60. The summed E-state index contributed by atoms with van der Waals surface area (Å²) in [6, 6.07) is 3.38. The van der Waals surface area contributed by atoms with Crippen molar-refractivity contribution < 1.29 is 8.81 Å². The van der Waals surface area contributed by atoms with Crippen molar-refractivity contribution in [2.45, 2.75) is 26.3 Å². The van der Waals surface area contributed by atoms with E-state index in [-0.39, 0.29) is 11.9 Å². The summed E-state index contributed by atoms with van der Waals surface area (Å²) in [7, 11) is 0. The van der Waals surface area contributed by atoms with Crippen molar-refractivity contribution in [3.63, 3.8) is 0 Å². The molecule has 2 aromatic heterocycles. The summed E-state index contributed by atoms with van der Waals surface area (Å²) < 4.78 is 18.6. The molecule has 3 nitrogen and oxygen atoms in total. The molecule has 2 aromatic rings. The number of aryl methyl sites for hydroxylation is 1. The molecule has 0 bridgehead atoms. The zero-order valence-electron chi connectivity index (χ0n) is 10.6. The first kappa shape index (κ1) is 12.8. The first-order valence-electron chi connectivity index (χ1n) is 6.09. The SMILES string of the molecule is CCCNC(c1cncc(F)c1)c1coc(C)c1. The fraction of sp³-hybridized carbons (Fsp3) is 0.357. The highest BCUT2D eigenvalue weighted by Gasteiger charge is 2.16. The molecule has 0 amide bonds. The number of furan rings is 1. The Morgan fingerprint density at radius 1 is 1.33 bits per heavy atom. The zero-order chi connectivity index (χ0) is 13.0. The molecule has 2 rings (SSSR count). The van der Waals surface area contributed by atoms with Crippen LogP contribution in [0.1, 0.15) is 36.3 Å². The lowest BCUT2D eigenvalue weighted by molar-refractivity contribution is 0.522. The van der Waals surface area contributed by atoms with Gasteiger partial charge < -0.3 is 9.73 Å². The molecule has 0 aliphatic rings. The van der Waals surface area contributed by atoms with E-state index in [9.17, 15) is 4.39 Å². The Morgan fingerprint density at radius 3 is 2.78 bits per heavy atom. The van der Waals surface area contributed by atoms with Crippen molar-refractivity contribution in [1.82, 2.24) is 10.3 Å². The van der Waals surface area contributed by atoms with Crippen LogP contribution in [-0.4, -0.2) is 11.5 Å². The minimum atomic E-state index is -0.323. The Labute approximate surface area is 106 Å². The third kappa shape index (κ3) is 2.96. The average molecular weight is 248 g/mol. The molecule has 0 saturated heterocycles. The fourth-order valence-electron chi connectivity index (χ4n) is 1.92. The molecule has 18 heavy (non-hydrogen) atoms. The van der Waals surface area contributed by atoms with E-state index in [0.29, 0.717) is 0 Å². The van der Waals surface area contributed by atoms with Crippen LogP contribution in [0, 0.1) is 12.7 Å². The number of nitrogens with zero attached hydrogens (tertiary/aromatic N) is 1. The van der Waals surface area contributed by atoms with Crippen LogP contribution in [0.15, 0.2) is 35.2 Å².